The van der Waals surface area contributed by atoms with E-state index in [1.807, 2.05) is 0 Å². The number of ether oxygens (including phenoxy) is 1. The lowest BCUT2D eigenvalue weighted by Gasteiger charge is -2.09. The predicted molar refractivity (Wildman–Crippen MR) is 90.6 cm³/mol. The molecule has 0 spiro atoms. The van der Waals surface area contributed by atoms with Gasteiger partial charge in [0.25, 0.3) is 5.91 Å². The zero-order valence-electron chi connectivity index (χ0n) is 12.2. The van der Waals surface area contributed by atoms with Crippen molar-refractivity contribution in [3.63, 3.8) is 0 Å². The van der Waals surface area contributed by atoms with Crippen molar-refractivity contribution >= 4 is 27.5 Å². The summed E-state index contributed by atoms with van der Waals surface area (Å²) in [6.45, 7) is 0. The van der Waals surface area contributed by atoms with Crippen LogP contribution in [0.4, 0.5) is 10.1 Å². The fraction of sp³-hybridized carbons (Fsp3) is 0. The molecule has 24 heavy (non-hydrogen) atoms. The van der Waals surface area contributed by atoms with E-state index in [0.29, 0.717) is 27.4 Å². The Balaban J connectivity index is 1.75. The van der Waals surface area contributed by atoms with Crippen molar-refractivity contribution in [2.75, 3.05) is 5.32 Å². The summed E-state index contributed by atoms with van der Waals surface area (Å²) < 4.78 is 19.1. The average molecular weight is 388 g/mol. The summed E-state index contributed by atoms with van der Waals surface area (Å²) >= 11 is 3.18. The first-order chi connectivity index (χ1) is 11.6. The van der Waals surface area contributed by atoms with E-state index in [1.165, 1.54) is 30.6 Å². The summed E-state index contributed by atoms with van der Waals surface area (Å²) in [5.74, 6) is 0.0741. The van der Waals surface area contributed by atoms with Crippen LogP contribution in [0.5, 0.6) is 11.6 Å². The summed E-state index contributed by atoms with van der Waals surface area (Å²) in [5, 5.41) is 2.74. The molecular formula is C17H11BrFN3O2. The van der Waals surface area contributed by atoms with Crippen LogP contribution < -0.4 is 10.1 Å². The van der Waals surface area contributed by atoms with Crippen molar-refractivity contribution in [3.8, 4) is 11.6 Å². The second kappa shape index (κ2) is 7.18. The highest BCUT2D eigenvalue weighted by molar-refractivity contribution is 9.10. The Morgan fingerprint density at radius 3 is 2.79 bits per heavy atom. The molecule has 0 saturated heterocycles. The fourth-order valence-corrected chi connectivity index (χ4v) is 2.50. The van der Waals surface area contributed by atoms with Crippen molar-refractivity contribution in [2.45, 2.75) is 0 Å². The van der Waals surface area contributed by atoms with Gasteiger partial charge in [-0.1, -0.05) is 6.07 Å². The molecule has 0 fully saturated rings. The van der Waals surface area contributed by atoms with E-state index in [9.17, 15) is 9.18 Å². The molecule has 0 saturated carbocycles. The van der Waals surface area contributed by atoms with Gasteiger partial charge in [0.05, 0.1) is 11.8 Å². The molecule has 7 heteroatoms. The van der Waals surface area contributed by atoms with Gasteiger partial charge in [-0.2, -0.15) is 0 Å². The molecule has 3 rings (SSSR count). The van der Waals surface area contributed by atoms with Gasteiger partial charge in [0.1, 0.15) is 11.6 Å². The number of halogens is 2. The van der Waals surface area contributed by atoms with E-state index in [2.05, 4.69) is 31.2 Å². The van der Waals surface area contributed by atoms with Gasteiger partial charge in [-0.05, 0) is 46.3 Å². The summed E-state index contributed by atoms with van der Waals surface area (Å²) in [6, 6.07) is 10.7. The number of nitrogens with zero attached hydrogens (tertiary/aromatic N) is 2. The van der Waals surface area contributed by atoms with Crippen molar-refractivity contribution < 1.29 is 13.9 Å². The zero-order valence-corrected chi connectivity index (χ0v) is 13.8. The molecule has 0 radical (unpaired) electrons. The van der Waals surface area contributed by atoms with Crippen molar-refractivity contribution in [2.24, 2.45) is 0 Å². The molecular weight excluding hydrogens is 377 g/mol. The molecule has 5 nitrogen and oxygen atoms in total. The van der Waals surface area contributed by atoms with Gasteiger partial charge in [-0.3, -0.25) is 9.78 Å². The van der Waals surface area contributed by atoms with Crippen LogP contribution in [0.25, 0.3) is 0 Å². The van der Waals surface area contributed by atoms with Crippen molar-refractivity contribution in [1.82, 2.24) is 9.97 Å². The summed E-state index contributed by atoms with van der Waals surface area (Å²) in [6.07, 6.45) is 4.55. The van der Waals surface area contributed by atoms with E-state index in [0.717, 1.165) is 0 Å². The highest BCUT2D eigenvalue weighted by atomic mass is 79.9. The Hall–Kier alpha value is -2.80. The van der Waals surface area contributed by atoms with Crippen LogP contribution in [0.15, 0.2) is 65.5 Å². The lowest BCUT2D eigenvalue weighted by molar-refractivity contribution is 0.102. The van der Waals surface area contributed by atoms with Gasteiger partial charge in [-0.25, -0.2) is 9.37 Å². The number of hydrogen-bond acceptors (Lipinski definition) is 4. The molecule has 1 N–H and O–H groups in total. The molecule has 120 valence electrons. The Kier molecular flexibility index (Phi) is 4.81. The van der Waals surface area contributed by atoms with Gasteiger partial charge >= 0.3 is 0 Å². The number of hydrogen-bond donors (Lipinski definition) is 1. The molecule has 0 aliphatic rings. The molecule has 3 aromatic rings. The minimum absolute atomic E-state index is 0.330. The molecule has 0 atom stereocenters. The highest BCUT2D eigenvalue weighted by Crippen LogP contribution is 2.24. The van der Waals surface area contributed by atoms with E-state index in [1.54, 1.807) is 30.5 Å². The number of carbonyl (C=O) groups is 1. The average Bonchev–Trinajstić information content (AvgIpc) is 2.56. The van der Waals surface area contributed by atoms with Gasteiger partial charge < -0.3 is 10.1 Å². The second-order valence-corrected chi connectivity index (χ2v) is 5.61. The predicted octanol–water partition coefficient (Wildman–Crippen LogP) is 4.42. The van der Waals surface area contributed by atoms with Crippen LogP contribution >= 0.6 is 15.9 Å². The first-order valence-electron chi connectivity index (χ1n) is 6.92. The zero-order chi connectivity index (χ0) is 16.9. The maximum absolute atomic E-state index is 13.1. The minimum atomic E-state index is -0.419. The summed E-state index contributed by atoms with van der Waals surface area (Å²) in [4.78, 5) is 20.2. The third-order valence-electron chi connectivity index (χ3n) is 3.03. The van der Waals surface area contributed by atoms with Crippen LogP contribution in [0.1, 0.15) is 10.4 Å². The van der Waals surface area contributed by atoms with E-state index in [-0.39, 0.29) is 5.91 Å². The number of aromatic nitrogens is 2. The van der Waals surface area contributed by atoms with Gasteiger partial charge in [-0.15, -0.1) is 0 Å². The topological polar surface area (TPSA) is 64.1 Å². The Labute approximate surface area is 145 Å². The first-order valence-corrected chi connectivity index (χ1v) is 7.71. The second-order valence-electron chi connectivity index (χ2n) is 4.75. The van der Waals surface area contributed by atoms with Crippen LogP contribution in [0, 0.1) is 5.82 Å². The van der Waals surface area contributed by atoms with E-state index < -0.39 is 5.82 Å². The first kappa shape index (κ1) is 16.1. The van der Waals surface area contributed by atoms with Crippen LogP contribution in [0.3, 0.4) is 0 Å². The molecule has 2 aromatic carbocycles. The van der Waals surface area contributed by atoms with Gasteiger partial charge in [0, 0.05) is 28.6 Å². The van der Waals surface area contributed by atoms with E-state index >= 15 is 0 Å². The molecule has 0 aliphatic heterocycles. The number of carbonyl (C=O) groups excluding carboxylic acids is 1. The summed E-state index contributed by atoms with van der Waals surface area (Å²) in [7, 11) is 0. The Bertz CT molecular complexity index is 875. The number of nitrogens with one attached hydrogen (secondary N) is 1. The Morgan fingerprint density at radius 1 is 1.17 bits per heavy atom. The van der Waals surface area contributed by atoms with Crippen LogP contribution in [-0.2, 0) is 0 Å². The number of rotatable bonds is 4. The van der Waals surface area contributed by atoms with Crippen LogP contribution in [0.2, 0.25) is 0 Å². The van der Waals surface area contributed by atoms with Crippen molar-refractivity contribution in [3.05, 3.63) is 76.9 Å². The summed E-state index contributed by atoms with van der Waals surface area (Å²) in [5.41, 5.74) is 0.870. The highest BCUT2D eigenvalue weighted by Gasteiger charge is 2.11. The van der Waals surface area contributed by atoms with Gasteiger partial charge in [0.15, 0.2) is 0 Å². The molecule has 1 amide bonds. The third-order valence-corrected chi connectivity index (χ3v) is 3.69. The number of anilines is 1. The monoisotopic (exact) mass is 387 g/mol. The fourth-order valence-electron chi connectivity index (χ4n) is 1.97. The molecule has 0 bridgehead atoms. The molecule has 1 heterocycles. The van der Waals surface area contributed by atoms with Crippen molar-refractivity contribution in [1.29, 1.82) is 0 Å². The van der Waals surface area contributed by atoms with Gasteiger partial charge in [0.2, 0.25) is 5.88 Å². The normalized spacial score (nSPS) is 10.2. The smallest absolute Gasteiger partial charge is 0.256 e. The number of benzene rings is 2. The lowest BCUT2D eigenvalue weighted by atomic mass is 10.2. The lowest BCUT2D eigenvalue weighted by Crippen LogP contribution is -2.12. The minimum Gasteiger partial charge on any atom is -0.437 e. The maximum atomic E-state index is 13.1. The molecule has 1 aromatic heterocycles. The number of amides is 1. The standard InChI is InChI=1S/C17H11BrFN3O2/c18-15-8-11(19)4-5-14(15)17(23)22-12-2-1-3-13(9-12)24-16-10-20-6-7-21-16/h1-10H,(H,22,23). The largest absolute Gasteiger partial charge is 0.437 e. The molecule has 0 unspecified atom stereocenters. The maximum Gasteiger partial charge on any atom is 0.256 e. The molecule has 0 aliphatic carbocycles. The third kappa shape index (κ3) is 3.94. The SMILES string of the molecule is O=C(Nc1cccc(Oc2cnccn2)c1)c1ccc(F)cc1Br. The van der Waals surface area contributed by atoms with E-state index in [4.69, 9.17) is 4.74 Å². The quantitative estimate of drug-likeness (QED) is 0.719. The Morgan fingerprint density at radius 2 is 2.04 bits per heavy atom. The van der Waals surface area contributed by atoms with Crippen LogP contribution in [-0.4, -0.2) is 15.9 Å².